The van der Waals surface area contributed by atoms with Crippen LogP contribution >= 0.6 is 0 Å². The molecule has 0 saturated carbocycles. The van der Waals surface area contributed by atoms with Gasteiger partial charge in [-0.3, -0.25) is 0 Å². The van der Waals surface area contributed by atoms with E-state index in [0.29, 0.717) is 11.4 Å². The van der Waals surface area contributed by atoms with Crippen LogP contribution in [0.1, 0.15) is 30.5 Å². The Morgan fingerprint density at radius 2 is 1.94 bits per heavy atom. The number of nitrogens with zero attached hydrogens (tertiary/aromatic N) is 2. The molecular formula is C15H17N3. The molecule has 18 heavy (non-hydrogen) atoms. The average molecular weight is 239 g/mol. The van der Waals surface area contributed by atoms with Crippen molar-refractivity contribution in [2.75, 3.05) is 5.73 Å². The van der Waals surface area contributed by atoms with E-state index in [0.717, 1.165) is 17.5 Å². The third kappa shape index (κ3) is 3.91. The van der Waals surface area contributed by atoms with Crippen molar-refractivity contribution in [1.29, 1.82) is 5.26 Å². The molecule has 3 heteroatoms. The SMILES string of the molecule is CC.N#Cc1cccc(Cc2ccc(N)nc2)c1. The van der Waals surface area contributed by atoms with Crippen molar-refractivity contribution in [1.82, 2.24) is 4.98 Å². The molecule has 0 radical (unpaired) electrons. The van der Waals surface area contributed by atoms with E-state index in [1.165, 1.54) is 0 Å². The summed E-state index contributed by atoms with van der Waals surface area (Å²) in [5.41, 5.74) is 8.38. The molecule has 1 aromatic carbocycles. The minimum atomic E-state index is 0.523. The van der Waals surface area contributed by atoms with Crippen LogP contribution in [0.15, 0.2) is 42.6 Å². The Balaban J connectivity index is 0.000000771. The normalized spacial score (nSPS) is 8.94. The lowest BCUT2D eigenvalue weighted by molar-refractivity contribution is 1.15. The average Bonchev–Trinajstić information content (AvgIpc) is 2.44. The fourth-order valence-electron chi connectivity index (χ4n) is 1.53. The van der Waals surface area contributed by atoms with Gasteiger partial charge in [0.25, 0.3) is 0 Å². The number of rotatable bonds is 2. The Labute approximate surface area is 108 Å². The molecule has 1 heterocycles. The second kappa shape index (κ2) is 7.08. The van der Waals surface area contributed by atoms with Gasteiger partial charge in [0.2, 0.25) is 0 Å². The highest BCUT2D eigenvalue weighted by atomic mass is 14.8. The molecule has 3 nitrogen and oxygen atoms in total. The van der Waals surface area contributed by atoms with Gasteiger partial charge in [-0.2, -0.15) is 5.26 Å². The standard InChI is InChI=1S/C13H11N3.C2H6/c14-8-11-3-1-2-10(6-11)7-12-4-5-13(15)16-9-12;1-2/h1-6,9H,7H2,(H2,15,16);1-2H3. The quantitative estimate of drug-likeness (QED) is 0.875. The van der Waals surface area contributed by atoms with Gasteiger partial charge in [-0.05, 0) is 35.7 Å². The number of hydrogen-bond donors (Lipinski definition) is 1. The van der Waals surface area contributed by atoms with Crippen molar-refractivity contribution in [2.24, 2.45) is 0 Å². The van der Waals surface area contributed by atoms with Crippen LogP contribution in [0.4, 0.5) is 5.82 Å². The molecule has 2 rings (SSSR count). The number of nitrogen functional groups attached to an aromatic ring is 1. The van der Waals surface area contributed by atoms with Crippen LogP contribution in [0.25, 0.3) is 0 Å². The van der Waals surface area contributed by atoms with Gasteiger partial charge < -0.3 is 5.73 Å². The van der Waals surface area contributed by atoms with E-state index in [4.69, 9.17) is 11.0 Å². The number of nitriles is 1. The number of anilines is 1. The molecule has 0 aliphatic rings. The number of benzene rings is 1. The van der Waals surface area contributed by atoms with E-state index in [9.17, 15) is 0 Å². The second-order valence-corrected chi connectivity index (χ2v) is 3.58. The molecule has 92 valence electrons. The zero-order valence-electron chi connectivity index (χ0n) is 10.7. The van der Waals surface area contributed by atoms with Crippen molar-refractivity contribution >= 4 is 5.82 Å². The molecule has 0 amide bonds. The van der Waals surface area contributed by atoms with Crippen molar-refractivity contribution in [3.63, 3.8) is 0 Å². The predicted molar refractivity (Wildman–Crippen MR) is 74.0 cm³/mol. The van der Waals surface area contributed by atoms with Crippen molar-refractivity contribution in [3.05, 3.63) is 59.3 Å². The smallest absolute Gasteiger partial charge is 0.123 e. The first-order valence-corrected chi connectivity index (χ1v) is 5.97. The largest absolute Gasteiger partial charge is 0.384 e. The van der Waals surface area contributed by atoms with Crippen LogP contribution in [0.2, 0.25) is 0 Å². The molecule has 0 saturated heterocycles. The molecular weight excluding hydrogens is 222 g/mol. The first-order valence-electron chi connectivity index (χ1n) is 5.97. The number of aromatic nitrogens is 1. The number of hydrogen-bond acceptors (Lipinski definition) is 3. The summed E-state index contributed by atoms with van der Waals surface area (Å²) in [5.74, 6) is 0.523. The molecule has 0 aliphatic heterocycles. The highest BCUT2D eigenvalue weighted by molar-refractivity contribution is 5.36. The lowest BCUT2D eigenvalue weighted by Crippen LogP contribution is -1.93. The second-order valence-electron chi connectivity index (χ2n) is 3.58. The molecule has 0 bridgehead atoms. The van der Waals surface area contributed by atoms with Crippen molar-refractivity contribution in [2.45, 2.75) is 20.3 Å². The molecule has 2 aromatic rings. The highest BCUT2D eigenvalue weighted by Gasteiger charge is 1.98. The summed E-state index contributed by atoms with van der Waals surface area (Å²) >= 11 is 0. The fraction of sp³-hybridized carbons (Fsp3) is 0.200. The molecule has 0 spiro atoms. The van der Waals surface area contributed by atoms with Gasteiger partial charge in [0.05, 0.1) is 11.6 Å². The van der Waals surface area contributed by atoms with E-state index < -0.39 is 0 Å². The molecule has 0 unspecified atom stereocenters. The first kappa shape index (κ1) is 13.7. The summed E-state index contributed by atoms with van der Waals surface area (Å²) in [6.45, 7) is 4.00. The maximum absolute atomic E-state index is 8.79. The zero-order valence-corrected chi connectivity index (χ0v) is 10.7. The van der Waals surface area contributed by atoms with Crippen LogP contribution in [0.5, 0.6) is 0 Å². The summed E-state index contributed by atoms with van der Waals surface area (Å²) in [7, 11) is 0. The minimum absolute atomic E-state index is 0.523. The van der Waals surface area contributed by atoms with Crippen molar-refractivity contribution < 1.29 is 0 Å². The summed E-state index contributed by atoms with van der Waals surface area (Å²) in [6.07, 6.45) is 2.52. The summed E-state index contributed by atoms with van der Waals surface area (Å²) in [6, 6.07) is 13.4. The Morgan fingerprint density at radius 1 is 1.17 bits per heavy atom. The van der Waals surface area contributed by atoms with E-state index in [-0.39, 0.29) is 0 Å². The van der Waals surface area contributed by atoms with E-state index in [1.54, 1.807) is 18.3 Å². The Kier molecular flexibility index (Phi) is 5.40. The van der Waals surface area contributed by atoms with Gasteiger partial charge in [0, 0.05) is 6.20 Å². The minimum Gasteiger partial charge on any atom is -0.384 e. The molecule has 0 aliphatic carbocycles. The van der Waals surface area contributed by atoms with Gasteiger partial charge >= 0.3 is 0 Å². The Morgan fingerprint density at radius 3 is 2.56 bits per heavy atom. The predicted octanol–water partition coefficient (Wildman–Crippen LogP) is 3.15. The van der Waals surface area contributed by atoms with Crippen LogP contribution < -0.4 is 5.73 Å². The lowest BCUT2D eigenvalue weighted by atomic mass is 10.0. The van der Waals surface area contributed by atoms with E-state index in [2.05, 4.69) is 11.1 Å². The van der Waals surface area contributed by atoms with Gasteiger partial charge in [-0.1, -0.05) is 32.0 Å². The summed E-state index contributed by atoms with van der Waals surface area (Å²) in [4.78, 5) is 4.03. The molecule has 2 N–H and O–H groups in total. The Bertz CT molecular complexity index is 524. The zero-order chi connectivity index (χ0) is 13.4. The van der Waals surface area contributed by atoms with Crippen LogP contribution in [0, 0.1) is 11.3 Å². The van der Waals surface area contributed by atoms with Gasteiger partial charge in [-0.25, -0.2) is 4.98 Å². The van der Waals surface area contributed by atoms with Crippen LogP contribution in [-0.4, -0.2) is 4.98 Å². The summed E-state index contributed by atoms with van der Waals surface area (Å²) < 4.78 is 0. The molecule has 0 fully saturated rings. The molecule has 0 atom stereocenters. The fourth-order valence-corrected chi connectivity index (χ4v) is 1.53. The first-order chi connectivity index (χ1) is 8.78. The maximum Gasteiger partial charge on any atom is 0.123 e. The topological polar surface area (TPSA) is 62.7 Å². The van der Waals surface area contributed by atoms with Gasteiger partial charge in [0.1, 0.15) is 5.82 Å². The van der Waals surface area contributed by atoms with E-state index >= 15 is 0 Å². The third-order valence-corrected chi connectivity index (χ3v) is 2.31. The van der Waals surface area contributed by atoms with Crippen molar-refractivity contribution in [3.8, 4) is 6.07 Å². The monoisotopic (exact) mass is 239 g/mol. The number of nitrogens with two attached hydrogens (primary N) is 1. The van der Waals surface area contributed by atoms with Crippen LogP contribution in [0.3, 0.4) is 0 Å². The Hall–Kier alpha value is -2.34. The van der Waals surface area contributed by atoms with E-state index in [1.807, 2.05) is 38.1 Å². The lowest BCUT2D eigenvalue weighted by Gasteiger charge is -2.02. The highest BCUT2D eigenvalue weighted by Crippen LogP contribution is 2.11. The maximum atomic E-state index is 8.79. The van der Waals surface area contributed by atoms with Gasteiger partial charge in [-0.15, -0.1) is 0 Å². The van der Waals surface area contributed by atoms with Crippen LogP contribution in [-0.2, 0) is 6.42 Å². The third-order valence-electron chi connectivity index (χ3n) is 2.31. The van der Waals surface area contributed by atoms with Gasteiger partial charge in [0.15, 0.2) is 0 Å². The molecule has 1 aromatic heterocycles. The number of pyridine rings is 1. The summed E-state index contributed by atoms with van der Waals surface area (Å²) in [5, 5.41) is 8.79.